The van der Waals surface area contributed by atoms with Gasteiger partial charge in [0.1, 0.15) is 5.69 Å². The van der Waals surface area contributed by atoms with Crippen LogP contribution in [0.15, 0.2) is 65.5 Å². The van der Waals surface area contributed by atoms with Crippen molar-refractivity contribution in [2.75, 3.05) is 6.54 Å². The van der Waals surface area contributed by atoms with Crippen LogP contribution in [0.1, 0.15) is 46.6 Å². The summed E-state index contributed by atoms with van der Waals surface area (Å²) in [6.45, 7) is 0.761. The van der Waals surface area contributed by atoms with Gasteiger partial charge in [0, 0.05) is 18.8 Å². The third kappa shape index (κ3) is 3.74. The zero-order valence-corrected chi connectivity index (χ0v) is 15.3. The van der Waals surface area contributed by atoms with E-state index in [0.29, 0.717) is 18.3 Å². The fourth-order valence-corrected chi connectivity index (χ4v) is 3.92. The molecule has 0 saturated heterocycles. The maximum atomic E-state index is 13.3. The van der Waals surface area contributed by atoms with Crippen LogP contribution in [0.25, 0.3) is 0 Å². The summed E-state index contributed by atoms with van der Waals surface area (Å²) in [4.78, 5) is 15.0. The van der Waals surface area contributed by atoms with E-state index in [2.05, 4.69) is 4.57 Å². The van der Waals surface area contributed by atoms with Crippen molar-refractivity contribution in [2.45, 2.75) is 31.5 Å². The van der Waals surface area contributed by atoms with Gasteiger partial charge in [0.25, 0.3) is 5.91 Å². The first-order chi connectivity index (χ1) is 12.7. The van der Waals surface area contributed by atoms with Crippen molar-refractivity contribution in [3.63, 3.8) is 0 Å². The lowest BCUT2D eigenvalue weighted by Gasteiger charge is -2.26. The second-order valence-electron chi connectivity index (χ2n) is 6.78. The van der Waals surface area contributed by atoms with Crippen LogP contribution in [0, 0.1) is 0 Å². The maximum absolute atomic E-state index is 13.3. The number of carbonyl (C=O) groups is 1. The molecule has 2 aromatic heterocycles. The van der Waals surface area contributed by atoms with E-state index in [9.17, 15) is 9.90 Å². The standard InChI is InChI=1S/C21H22N2O2S/c24-20(17-10-12-26-15-17)14-22(13-16-5-2-1-3-6-16)21(25)19-7-4-11-23(19)18-8-9-18/h1-7,10-12,15,18,20,24H,8-9,13-14H2/t20-/m0/s1. The molecule has 5 heteroatoms. The molecule has 1 atom stereocenters. The van der Waals surface area contributed by atoms with Crippen LogP contribution < -0.4 is 0 Å². The summed E-state index contributed by atoms with van der Waals surface area (Å²) in [6.07, 6.45) is 3.57. The van der Waals surface area contributed by atoms with Crippen LogP contribution in [-0.2, 0) is 6.54 Å². The molecule has 0 bridgehead atoms. The smallest absolute Gasteiger partial charge is 0.270 e. The van der Waals surface area contributed by atoms with E-state index >= 15 is 0 Å². The van der Waals surface area contributed by atoms with E-state index in [1.807, 2.05) is 65.5 Å². The zero-order valence-electron chi connectivity index (χ0n) is 14.5. The fourth-order valence-electron chi connectivity index (χ4n) is 3.21. The Morgan fingerprint density at radius 2 is 2.00 bits per heavy atom. The first-order valence-electron chi connectivity index (χ1n) is 8.92. The van der Waals surface area contributed by atoms with Gasteiger partial charge in [-0.15, -0.1) is 0 Å². The van der Waals surface area contributed by atoms with E-state index in [-0.39, 0.29) is 12.5 Å². The molecule has 26 heavy (non-hydrogen) atoms. The second kappa shape index (κ2) is 7.48. The molecule has 1 amide bonds. The molecule has 1 aromatic carbocycles. The van der Waals surface area contributed by atoms with Crippen LogP contribution in [0.2, 0.25) is 0 Å². The number of hydrogen-bond acceptors (Lipinski definition) is 3. The van der Waals surface area contributed by atoms with Crippen molar-refractivity contribution in [1.82, 2.24) is 9.47 Å². The van der Waals surface area contributed by atoms with Gasteiger partial charge in [-0.05, 0) is 52.9 Å². The number of rotatable bonds is 7. The highest BCUT2D eigenvalue weighted by molar-refractivity contribution is 7.07. The Labute approximate surface area is 157 Å². The first-order valence-corrected chi connectivity index (χ1v) is 9.87. The predicted octanol–water partition coefficient (Wildman–Crippen LogP) is 4.26. The highest BCUT2D eigenvalue weighted by atomic mass is 32.1. The van der Waals surface area contributed by atoms with Gasteiger partial charge in [-0.25, -0.2) is 0 Å². The molecular formula is C21H22N2O2S. The van der Waals surface area contributed by atoms with Crippen LogP contribution in [0.5, 0.6) is 0 Å². The van der Waals surface area contributed by atoms with Crippen molar-refractivity contribution in [2.24, 2.45) is 0 Å². The Balaban J connectivity index is 1.58. The molecule has 4 rings (SSSR count). The molecule has 0 unspecified atom stereocenters. The normalized spacial score (nSPS) is 15.0. The summed E-state index contributed by atoms with van der Waals surface area (Å²) in [5.41, 5.74) is 2.63. The molecule has 0 aliphatic heterocycles. The molecule has 2 heterocycles. The number of thiophene rings is 1. The Kier molecular flexibility index (Phi) is 4.91. The van der Waals surface area contributed by atoms with Gasteiger partial charge in [-0.1, -0.05) is 30.3 Å². The van der Waals surface area contributed by atoms with Crippen LogP contribution in [0.3, 0.4) is 0 Å². The Morgan fingerprint density at radius 1 is 1.19 bits per heavy atom. The number of hydrogen-bond donors (Lipinski definition) is 1. The Hall–Kier alpha value is -2.37. The largest absolute Gasteiger partial charge is 0.387 e. The molecule has 0 radical (unpaired) electrons. The van der Waals surface area contributed by atoms with Gasteiger partial charge in [0.2, 0.25) is 0 Å². The molecule has 1 saturated carbocycles. The average molecular weight is 366 g/mol. The molecular weight excluding hydrogens is 344 g/mol. The van der Waals surface area contributed by atoms with Crippen molar-refractivity contribution >= 4 is 17.2 Å². The Morgan fingerprint density at radius 3 is 2.69 bits per heavy atom. The minimum absolute atomic E-state index is 0.0277. The third-order valence-electron chi connectivity index (χ3n) is 4.76. The van der Waals surface area contributed by atoms with Gasteiger partial charge in [-0.2, -0.15) is 11.3 Å². The molecule has 134 valence electrons. The summed E-state index contributed by atoms with van der Waals surface area (Å²) in [5.74, 6) is -0.0277. The van der Waals surface area contributed by atoms with Gasteiger partial charge in [0.15, 0.2) is 0 Å². The number of aromatic nitrogens is 1. The van der Waals surface area contributed by atoms with Crippen LogP contribution in [0.4, 0.5) is 0 Å². The van der Waals surface area contributed by atoms with E-state index in [1.165, 1.54) is 0 Å². The van der Waals surface area contributed by atoms with Gasteiger partial charge >= 0.3 is 0 Å². The lowest BCUT2D eigenvalue weighted by molar-refractivity contribution is 0.0594. The SMILES string of the molecule is O=C(c1cccn1C1CC1)N(Cc1ccccc1)C[C@H](O)c1ccsc1. The lowest BCUT2D eigenvalue weighted by Crippen LogP contribution is -2.35. The number of benzene rings is 1. The lowest BCUT2D eigenvalue weighted by atomic mass is 10.1. The Bertz CT molecular complexity index is 853. The van der Waals surface area contributed by atoms with E-state index in [0.717, 1.165) is 24.0 Å². The van der Waals surface area contributed by atoms with Crippen molar-refractivity contribution < 1.29 is 9.90 Å². The monoisotopic (exact) mass is 366 g/mol. The van der Waals surface area contributed by atoms with Crippen LogP contribution >= 0.6 is 11.3 Å². The minimum Gasteiger partial charge on any atom is -0.387 e. The minimum atomic E-state index is -0.682. The van der Waals surface area contributed by atoms with Crippen LogP contribution in [-0.4, -0.2) is 27.0 Å². The number of aliphatic hydroxyl groups excluding tert-OH is 1. The predicted molar refractivity (Wildman–Crippen MR) is 103 cm³/mol. The third-order valence-corrected chi connectivity index (χ3v) is 5.46. The molecule has 1 aliphatic carbocycles. The summed E-state index contributed by atoms with van der Waals surface area (Å²) in [7, 11) is 0. The quantitative estimate of drug-likeness (QED) is 0.679. The summed E-state index contributed by atoms with van der Waals surface area (Å²) >= 11 is 1.55. The summed E-state index contributed by atoms with van der Waals surface area (Å²) in [5, 5.41) is 14.5. The number of amides is 1. The van der Waals surface area contributed by atoms with Gasteiger partial charge < -0.3 is 14.6 Å². The molecule has 1 fully saturated rings. The molecule has 0 spiro atoms. The molecule has 1 aliphatic rings. The summed E-state index contributed by atoms with van der Waals surface area (Å²) in [6, 6.07) is 16.1. The van der Waals surface area contributed by atoms with Crippen molar-refractivity contribution in [3.05, 3.63) is 82.3 Å². The highest BCUT2D eigenvalue weighted by Gasteiger charge is 2.29. The maximum Gasteiger partial charge on any atom is 0.270 e. The van der Waals surface area contributed by atoms with E-state index in [4.69, 9.17) is 0 Å². The zero-order chi connectivity index (χ0) is 17.9. The molecule has 3 aromatic rings. The van der Waals surface area contributed by atoms with E-state index in [1.54, 1.807) is 16.2 Å². The topological polar surface area (TPSA) is 45.5 Å². The first kappa shape index (κ1) is 17.1. The van der Waals surface area contributed by atoms with Crippen molar-refractivity contribution in [3.8, 4) is 0 Å². The number of nitrogens with zero attached hydrogens (tertiary/aromatic N) is 2. The number of aliphatic hydroxyl groups is 1. The second-order valence-corrected chi connectivity index (χ2v) is 7.56. The van der Waals surface area contributed by atoms with E-state index < -0.39 is 6.10 Å². The molecule has 4 nitrogen and oxygen atoms in total. The van der Waals surface area contributed by atoms with Crippen molar-refractivity contribution in [1.29, 1.82) is 0 Å². The average Bonchev–Trinajstić information content (AvgIpc) is 3.15. The highest BCUT2D eigenvalue weighted by Crippen LogP contribution is 2.36. The summed E-state index contributed by atoms with van der Waals surface area (Å²) < 4.78 is 2.08. The fraction of sp³-hybridized carbons (Fsp3) is 0.286. The van der Waals surface area contributed by atoms with Gasteiger partial charge in [-0.3, -0.25) is 4.79 Å². The number of carbonyl (C=O) groups excluding carboxylic acids is 1. The molecule has 1 N–H and O–H groups in total. The van der Waals surface area contributed by atoms with Gasteiger partial charge in [0.05, 0.1) is 12.6 Å².